The number of nitriles is 1. The number of hydrogen-bond donors (Lipinski definition) is 1. The number of aryl methyl sites for hydroxylation is 1. The second-order valence-corrected chi connectivity index (χ2v) is 10.5. The molecule has 1 aliphatic carbocycles. The summed E-state index contributed by atoms with van der Waals surface area (Å²) in [6.45, 7) is 1.14. The molecule has 2 fully saturated rings. The SMILES string of the molecule is N#Cc1cccc(CCC(=O)N2CCC(O)(Cn3cnc(-c4ccccc4)cc3=O)C3(CCCC3)C2)c1. The van der Waals surface area contributed by atoms with Crippen molar-refractivity contribution in [3.63, 3.8) is 0 Å². The van der Waals surface area contributed by atoms with E-state index in [1.54, 1.807) is 6.07 Å². The van der Waals surface area contributed by atoms with Crippen LogP contribution in [0.5, 0.6) is 0 Å². The second kappa shape index (κ2) is 10.3. The highest BCUT2D eigenvalue weighted by Crippen LogP contribution is 2.51. The minimum Gasteiger partial charge on any atom is -0.387 e. The summed E-state index contributed by atoms with van der Waals surface area (Å²) in [5.74, 6) is 0.0710. The Morgan fingerprint density at radius 2 is 1.84 bits per heavy atom. The van der Waals surface area contributed by atoms with Gasteiger partial charge in [0.15, 0.2) is 0 Å². The number of likely N-dealkylation sites (tertiary alicyclic amines) is 1. The fourth-order valence-electron chi connectivity index (χ4n) is 6.11. The average molecular weight is 497 g/mol. The van der Waals surface area contributed by atoms with Crippen molar-refractivity contribution in [3.05, 3.63) is 88.5 Å². The number of amides is 1. The van der Waals surface area contributed by atoms with Gasteiger partial charge in [0.2, 0.25) is 5.91 Å². The first kappa shape index (κ1) is 24.9. The van der Waals surface area contributed by atoms with E-state index in [4.69, 9.17) is 5.26 Å². The maximum atomic E-state index is 13.2. The van der Waals surface area contributed by atoms with Crippen molar-refractivity contribution in [2.24, 2.45) is 5.41 Å². The Morgan fingerprint density at radius 3 is 2.57 bits per heavy atom. The van der Waals surface area contributed by atoms with E-state index < -0.39 is 11.0 Å². The van der Waals surface area contributed by atoms with Gasteiger partial charge in [-0.15, -0.1) is 0 Å². The second-order valence-electron chi connectivity index (χ2n) is 10.5. The van der Waals surface area contributed by atoms with Gasteiger partial charge < -0.3 is 10.0 Å². The molecule has 1 unspecified atom stereocenters. The molecular formula is C30H32N4O3. The zero-order chi connectivity index (χ0) is 25.9. The van der Waals surface area contributed by atoms with E-state index in [1.807, 2.05) is 53.4 Å². The monoisotopic (exact) mass is 496 g/mol. The number of nitrogens with zero attached hydrogens (tertiary/aromatic N) is 4. The summed E-state index contributed by atoms with van der Waals surface area (Å²) in [7, 11) is 0. The minimum atomic E-state index is -1.08. The van der Waals surface area contributed by atoms with E-state index in [0.717, 1.165) is 36.8 Å². The Balaban J connectivity index is 1.30. The molecule has 1 aliphatic heterocycles. The van der Waals surface area contributed by atoms with E-state index in [9.17, 15) is 14.7 Å². The molecule has 1 amide bonds. The van der Waals surface area contributed by atoms with Crippen LogP contribution >= 0.6 is 0 Å². The Hall–Kier alpha value is -3.76. The summed E-state index contributed by atoms with van der Waals surface area (Å²) in [5.41, 5.74) is 1.37. The predicted octanol–water partition coefficient (Wildman–Crippen LogP) is 3.94. The van der Waals surface area contributed by atoms with Crippen LogP contribution in [0, 0.1) is 16.7 Å². The largest absolute Gasteiger partial charge is 0.387 e. The van der Waals surface area contributed by atoms with Crippen LogP contribution in [0.3, 0.4) is 0 Å². The summed E-state index contributed by atoms with van der Waals surface area (Å²) in [4.78, 5) is 32.6. The number of carbonyl (C=O) groups excluding carboxylic acids is 1. The molecule has 1 spiro atoms. The van der Waals surface area contributed by atoms with Crippen molar-refractivity contribution in [2.45, 2.75) is 57.1 Å². The molecule has 1 saturated heterocycles. The standard InChI is InChI=1S/C30H32N4O3/c31-19-24-8-6-7-23(17-24)11-12-27(35)33-16-15-30(37,29(20-33)13-4-5-14-29)21-34-22-32-26(18-28(34)36)25-9-2-1-3-10-25/h1-3,6-10,17-18,22,37H,4-5,11-16,20-21H2. The number of piperidine rings is 1. The van der Waals surface area contributed by atoms with Crippen molar-refractivity contribution in [1.29, 1.82) is 5.26 Å². The molecule has 1 atom stereocenters. The molecule has 1 saturated carbocycles. The van der Waals surface area contributed by atoms with Crippen LogP contribution in [0.15, 0.2) is 71.8 Å². The van der Waals surface area contributed by atoms with Crippen molar-refractivity contribution in [1.82, 2.24) is 14.5 Å². The minimum absolute atomic E-state index is 0.0710. The van der Waals surface area contributed by atoms with Crippen LogP contribution in [-0.4, -0.2) is 44.2 Å². The van der Waals surface area contributed by atoms with Crippen molar-refractivity contribution in [3.8, 4) is 17.3 Å². The lowest BCUT2D eigenvalue weighted by Crippen LogP contribution is -2.62. The van der Waals surface area contributed by atoms with Crippen LogP contribution in [0.25, 0.3) is 11.3 Å². The van der Waals surface area contributed by atoms with Crippen LogP contribution in [0.4, 0.5) is 0 Å². The lowest BCUT2D eigenvalue weighted by atomic mass is 9.65. The molecule has 3 aromatic rings. The molecule has 37 heavy (non-hydrogen) atoms. The first-order valence-electron chi connectivity index (χ1n) is 13.0. The van der Waals surface area contributed by atoms with Gasteiger partial charge in [-0.05, 0) is 43.4 Å². The highest BCUT2D eigenvalue weighted by molar-refractivity contribution is 5.76. The Kier molecular flexibility index (Phi) is 6.94. The lowest BCUT2D eigenvalue weighted by Gasteiger charge is -2.52. The van der Waals surface area contributed by atoms with Gasteiger partial charge in [0.1, 0.15) is 0 Å². The van der Waals surface area contributed by atoms with E-state index in [-0.39, 0.29) is 18.0 Å². The highest BCUT2D eigenvalue weighted by Gasteiger charge is 2.55. The van der Waals surface area contributed by atoms with E-state index >= 15 is 0 Å². The van der Waals surface area contributed by atoms with Crippen molar-refractivity contribution >= 4 is 5.91 Å². The third-order valence-electron chi connectivity index (χ3n) is 8.25. The fourth-order valence-corrected chi connectivity index (χ4v) is 6.11. The quantitative estimate of drug-likeness (QED) is 0.557. The van der Waals surface area contributed by atoms with Gasteiger partial charge >= 0.3 is 0 Å². The van der Waals surface area contributed by atoms with Crippen LogP contribution in [-0.2, 0) is 17.8 Å². The maximum absolute atomic E-state index is 13.2. The van der Waals surface area contributed by atoms with Crippen LogP contribution in [0.2, 0.25) is 0 Å². The average Bonchev–Trinajstić information content (AvgIpc) is 3.41. The molecular weight excluding hydrogens is 464 g/mol. The number of rotatable bonds is 6. The molecule has 2 heterocycles. The van der Waals surface area contributed by atoms with Gasteiger partial charge in [0.05, 0.1) is 35.8 Å². The molecule has 1 aromatic heterocycles. The lowest BCUT2D eigenvalue weighted by molar-refractivity contribution is -0.160. The van der Waals surface area contributed by atoms with Crippen LogP contribution in [0.1, 0.15) is 49.7 Å². The first-order valence-corrected chi connectivity index (χ1v) is 13.0. The van der Waals surface area contributed by atoms with Crippen LogP contribution < -0.4 is 5.56 Å². The van der Waals surface area contributed by atoms with Gasteiger partial charge in [-0.3, -0.25) is 14.2 Å². The maximum Gasteiger partial charge on any atom is 0.253 e. The van der Waals surface area contributed by atoms with Gasteiger partial charge in [0.25, 0.3) is 5.56 Å². The van der Waals surface area contributed by atoms with Crippen molar-refractivity contribution in [2.75, 3.05) is 13.1 Å². The summed E-state index contributed by atoms with van der Waals surface area (Å²) in [5, 5.41) is 21.1. The van der Waals surface area contributed by atoms with Gasteiger partial charge in [-0.1, -0.05) is 55.3 Å². The molecule has 7 nitrogen and oxygen atoms in total. The fraction of sp³-hybridized carbons (Fsp3) is 0.400. The van der Waals surface area contributed by atoms with Gasteiger partial charge in [0, 0.05) is 36.6 Å². The number of hydrogen-bond acceptors (Lipinski definition) is 5. The normalized spacial score (nSPS) is 20.6. The third-order valence-corrected chi connectivity index (χ3v) is 8.25. The first-order chi connectivity index (χ1) is 17.9. The number of aromatic nitrogens is 2. The Bertz CT molecular complexity index is 1370. The molecule has 7 heteroatoms. The third kappa shape index (κ3) is 5.07. The molecule has 0 bridgehead atoms. The molecule has 2 aliphatic rings. The number of benzene rings is 2. The molecule has 1 N–H and O–H groups in total. The molecule has 5 rings (SSSR count). The number of aliphatic hydroxyl groups is 1. The van der Waals surface area contributed by atoms with E-state index in [1.165, 1.54) is 17.0 Å². The predicted molar refractivity (Wildman–Crippen MR) is 140 cm³/mol. The Labute approximate surface area is 217 Å². The Morgan fingerprint density at radius 1 is 1.05 bits per heavy atom. The smallest absolute Gasteiger partial charge is 0.253 e. The molecule has 190 valence electrons. The summed E-state index contributed by atoms with van der Waals surface area (Å²) < 4.78 is 1.52. The zero-order valence-corrected chi connectivity index (χ0v) is 21.0. The zero-order valence-electron chi connectivity index (χ0n) is 21.0. The topological polar surface area (TPSA) is 99.2 Å². The van der Waals surface area contributed by atoms with Crippen molar-refractivity contribution < 1.29 is 9.90 Å². The molecule has 2 aromatic carbocycles. The summed E-state index contributed by atoms with van der Waals surface area (Å²) in [6.07, 6.45) is 6.60. The van der Waals surface area contributed by atoms with Gasteiger partial charge in [-0.2, -0.15) is 5.26 Å². The summed E-state index contributed by atoms with van der Waals surface area (Å²) >= 11 is 0. The molecule has 0 radical (unpaired) electrons. The highest BCUT2D eigenvalue weighted by atomic mass is 16.3. The van der Waals surface area contributed by atoms with E-state index in [0.29, 0.717) is 43.6 Å². The number of carbonyl (C=O) groups is 1. The summed E-state index contributed by atoms with van der Waals surface area (Å²) in [6, 6.07) is 20.6. The van der Waals surface area contributed by atoms with E-state index in [2.05, 4.69) is 11.1 Å². The van der Waals surface area contributed by atoms with Gasteiger partial charge in [-0.25, -0.2) is 4.98 Å².